The van der Waals surface area contributed by atoms with E-state index in [9.17, 15) is 39.6 Å². The number of furan rings is 1. The number of amides is 4. The normalized spacial score (nSPS) is 22.3. The van der Waals surface area contributed by atoms with E-state index in [2.05, 4.69) is 20.9 Å². The van der Waals surface area contributed by atoms with Gasteiger partial charge in [0.15, 0.2) is 23.5 Å². The van der Waals surface area contributed by atoms with Crippen LogP contribution in [0.2, 0.25) is 0 Å². The lowest BCUT2D eigenvalue weighted by Gasteiger charge is -2.40. The van der Waals surface area contributed by atoms with E-state index in [1.807, 2.05) is 18.7 Å². The Kier molecular flexibility index (Phi) is 13.1. The summed E-state index contributed by atoms with van der Waals surface area (Å²) in [6.45, 7) is 4.24. The molecule has 2 saturated heterocycles. The van der Waals surface area contributed by atoms with Crippen molar-refractivity contribution in [1.82, 2.24) is 14.8 Å². The first-order valence-electron chi connectivity index (χ1n) is 19.1. The molecule has 4 amide bonds. The summed E-state index contributed by atoms with van der Waals surface area (Å²) in [5.74, 6) is -1.00. The van der Waals surface area contributed by atoms with Crippen molar-refractivity contribution in [2.45, 2.75) is 76.2 Å². The number of fused-ring (bicyclic) bond motifs is 3. The molecule has 7 N–H and O–H groups in total. The van der Waals surface area contributed by atoms with Gasteiger partial charge in [0.25, 0.3) is 17.7 Å². The number of benzene rings is 2. The zero-order valence-electron chi connectivity index (χ0n) is 32.5. The van der Waals surface area contributed by atoms with E-state index in [1.54, 1.807) is 54.4 Å². The monoisotopic (exact) mass is 804 g/mol. The van der Waals surface area contributed by atoms with Crippen LogP contribution in [0, 0.1) is 0 Å². The van der Waals surface area contributed by atoms with Crippen LogP contribution in [0.1, 0.15) is 70.9 Å². The van der Waals surface area contributed by atoms with Gasteiger partial charge in [0.1, 0.15) is 35.6 Å². The number of aliphatic imine (C=N–C) groups is 1. The maximum atomic E-state index is 13.2. The number of aromatic nitrogens is 1. The van der Waals surface area contributed by atoms with E-state index in [0.29, 0.717) is 58.1 Å². The van der Waals surface area contributed by atoms with Crippen LogP contribution in [-0.4, -0.2) is 123 Å². The van der Waals surface area contributed by atoms with Gasteiger partial charge in [-0.2, -0.15) is 0 Å². The van der Waals surface area contributed by atoms with Gasteiger partial charge in [0, 0.05) is 49.6 Å². The lowest BCUT2D eigenvalue weighted by molar-refractivity contribution is -0.252. The second-order valence-corrected chi connectivity index (χ2v) is 13.8. The largest absolute Gasteiger partial charge is 0.493 e. The maximum absolute atomic E-state index is 13.2. The summed E-state index contributed by atoms with van der Waals surface area (Å²) < 4.78 is 23.7. The number of hydrogen-bond donors (Lipinski definition) is 7. The number of ether oxygens (including phenoxy) is 3. The number of rotatable bonds is 12. The van der Waals surface area contributed by atoms with Crippen molar-refractivity contribution in [1.29, 1.82) is 0 Å². The maximum Gasteiger partial charge on any atom is 0.287 e. The molecule has 3 aliphatic rings. The van der Waals surface area contributed by atoms with Gasteiger partial charge in [0.05, 0.1) is 43.3 Å². The highest BCUT2D eigenvalue weighted by atomic mass is 16.6. The Morgan fingerprint density at radius 2 is 1.78 bits per heavy atom. The molecule has 3 aliphatic heterocycles. The summed E-state index contributed by atoms with van der Waals surface area (Å²) in [4.78, 5) is 58.4. The number of aryl methyl sites for hydroxylation is 1. The third-order valence-electron chi connectivity index (χ3n) is 9.98. The van der Waals surface area contributed by atoms with E-state index in [-0.39, 0.29) is 42.3 Å². The molecule has 0 bridgehead atoms. The molecule has 0 saturated carbocycles. The molecule has 0 radical (unpaired) electrons. The molecule has 2 aromatic heterocycles. The van der Waals surface area contributed by atoms with Gasteiger partial charge in [-0.05, 0) is 55.7 Å². The fourth-order valence-electron chi connectivity index (χ4n) is 7.02. The molecule has 7 rings (SSSR count). The van der Waals surface area contributed by atoms with Crippen molar-refractivity contribution in [3.63, 3.8) is 0 Å². The van der Waals surface area contributed by atoms with Crippen molar-refractivity contribution in [2.24, 2.45) is 12.0 Å². The molecule has 0 aliphatic carbocycles. The number of hydrogen-bond acceptors (Lipinski definition) is 13. The highest BCUT2D eigenvalue weighted by Gasteiger charge is 2.44. The number of methoxy groups -OCH3 is 1. The Labute approximate surface area is 333 Å². The topological polar surface area (TPSA) is 247 Å². The minimum Gasteiger partial charge on any atom is -0.493 e. The van der Waals surface area contributed by atoms with Crippen LogP contribution < -0.4 is 25.4 Å². The molecule has 0 spiro atoms. The summed E-state index contributed by atoms with van der Waals surface area (Å²) in [7, 11) is 3.15. The molecule has 6 unspecified atom stereocenters. The molecular weight excluding hydrogens is 756 g/mol. The van der Waals surface area contributed by atoms with Gasteiger partial charge in [-0.25, -0.2) is 0 Å². The average molecular weight is 805 g/mol. The molecule has 18 nitrogen and oxygen atoms in total. The zero-order chi connectivity index (χ0) is 41.7. The predicted molar refractivity (Wildman–Crippen MR) is 211 cm³/mol. The molecule has 310 valence electrons. The summed E-state index contributed by atoms with van der Waals surface area (Å²) in [6, 6.07) is 9.55. The Balaban J connectivity index is 0.00000279. The van der Waals surface area contributed by atoms with Crippen LogP contribution in [0.4, 0.5) is 17.1 Å². The number of carbonyl (C=O) groups excluding carboxylic acids is 4. The summed E-state index contributed by atoms with van der Waals surface area (Å²) >= 11 is 0. The Bertz CT molecular complexity index is 2180. The van der Waals surface area contributed by atoms with Crippen LogP contribution >= 0.6 is 0 Å². The summed E-state index contributed by atoms with van der Waals surface area (Å²) in [5.41, 5.74) is 2.33. The summed E-state index contributed by atoms with van der Waals surface area (Å²) in [5, 5.41) is 48.3. The lowest BCUT2D eigenvalue weighted by atomic mass is 9.97. The first-order chi connectivity index (χ1) is 27.9. The molecule has 2 aromatic carbocycles. The number of aliphatic hydroxyl groups excluding tert-OH is 4. The van der Waals surface area contributed by atoms with E-state index < -0.39 is 49.1 Å². The highest BCUT2D eigenvalue weighted by Crippen LogP contribution is 2.38. The third-order valence-corrected chi connectivity index (χ3v) is 9.98. The highest BCUT2D eigenvalue weighted by molar-refractivity contribution is 6.06. The Morgan fingerprint density at radius 1 is 0.983 bits per heavy atom. The quantitative estimate of drug-likeness (QED) is 0.102. The molecule has 58 heavy (non-hydrogen) atoms. The van der Waals surface area contributed by atoms with Crippen molar-refractivity contribution >= 4 is 57.9 Å². The number of nitrogens with zero attached hydrogens (tertiary/aromatic N) is 3. The van der Waals surface area contributed by atoms with Crippen LogP contribution in [0.5, 0.6) is 11.5 Å². The first-order valence-corrected chi connectivity index (χ1v) is 19.1. The smallest absolute Gasteiger partial charge is 0.287 e. The van der Waals surface area contributed by atoms with Gasteiger partial charge in [-0.1, -0.05) is 13.8 Å². The fraction of sp³-hybridized carbons (Fsp3) is 0.425. The van der Waals surface area contributed by atoms with Gasteiger partial charge in [-0.3, -0.25) is 24.2 Å². The second-order valence-electron chi connectivity index (χ2n) is 13.8. The predicted octanol–water partition coefficient (Wildman–Crippen LogP) is 2.71. The zero-order valence-corrected chi connectivity index (χ0v) is 32.5. The molecule has 5 heterocycles. The fourth-order valence-corrected chi connectivity index (χ4v) is 7.02. The van der Waals surface area contributed by atoms with E-state index in [4.69, 9.17) is 18.6 Å². The van der Waals surface area contributed by atoms with E-state index in [0.717, 1.165) is 12.8 Å². The third kappa shape index (κ3) is 8.85. The van der Waals surface area contributed by atoms with Crippen molar-refractivity contribution in [2.75, 3.05) is 37.5 Å². The van der Waals surface area contributed by atoms with Crippen LogP contribution in [0.3, 0.4) is 0 Å². The van der Waals surface area contributed by atoms with Crippen molar-refractivity contribution in [3.8, 4) is 11.5 Å². The van der Waals surface area contributed by atoms with Gasteiger partial charge in [0.2, 0.25) is 5.91 Å². The Hall–Kier alpha value is -5.79. The van der Waals surface area contributed by atoms with Crippen LogP contribution in [0.15, 0.2) is 58.1 Å². The number of nitrogens with one attached hydrogen (secondary N) is 3. The SMILES string of the molecule is CC.COc1cc2c(cc1OCCCC(=O)Nc1cc(C(=O)Nc3ccc4oc(C(=O)NC5C(O)OC(CO)C(O)C5O)cc4c3)n(C)c1)N=CC1CCCN1C2=O. The average Bonchev–Trinajstić information content (AvgIpc) is 3.95. The minimum absolute atomic E-state index is 0.0190. The molecule has 2 fully saturated rings. The number of aliphatic hydroxyl groups is 4. The number of carbonyl (C=O) groups is 4. The van der Waals surface area contributed by atoms with Crippen LogP contribution in [0.25, 0.3) is 11.0 Å². The standard InChI is InChI=1S/C38H42N6O12.C2H6/c1-43-17-21(40-31(46)6-4-10-54-28-15-24-23(14-27(28)53-2)37(51)44-9-3-5-22(44)16-39-24)13-25(43)35(49)41-20-7-8-26-19(11-20)12-29(55-26)36(50)42-32-34(48)33(47)30(18-45)56-38(32)52;1-2/h7-8,11-17,22,30,32-34,38,45,47-48,52H,3-6,9-10,18H2,1-2H3,(H,40,46)(H,41,49)(H,42,50);1-2H3. The first kappa shape index (κ1) is 41.8. The molecule has 18 heteroatoms. The van der Waals surface area contributed by atoms with Gasteiger partial charge in [-0.15, -0.1) is 0 Å². The second kappa shape index (κ2) is 18.2. The van der Waals surface area contributed by atoms with E-state index >= 15 is 0 Å². The molecular formula is C40H48N6O12. The molecule has 4 aromatic rings. The van der Waals surface area contributed by atoms with Crippen molar-refractivity contribution < 1.29 is 58.2 Å². The summed E-state index contributed by atoms with van der Waals surface area (Å²) in [6.07, 6.45) is -0.374. The van der Waals surface area contributed by atoms with Gasteiger partial charge < -0.3 is 64.5 Å². The van der Waals surface area contributed by atoms with Crippen LogP contribution in [-0.2, 0) is 16.6 Å². The molecule has 6 atom stereocenters. The Morgan fingerprint density at radius 3 is 2.53 bits per heavy atom. The van der Waals surface area contributed by atoms with Crippen molar-refractivity contribution in [3.05, 3.63) is 65.7 Å². The lowest BCUT2D eigenvalue weighted by Crippen LogP contribution is -2.64. The van der Waals surface area contributed by atoms with E-state index in [1.165, 1.54) is 19.2 Å². The van der Waals surface area contributed by atoms with Gasteiger partial charge >= 0.3 is 0 Å². The minimum atomic E-state index is -1.70. The number of anilines is 2.